The molecule has 1 N–H and O–H groups in total. The Kier molecular flexibility index (Phi) is 3.86. The average Bonchev–Trinajstić information content (AvgIpc) is 2.92. The fraction of sp³-hybridized carbons (Fsp3) is 0.333. The van der Waals surface area contributed by atoms with Crippen LogP contribution in [0.1, 0.15) is 28.7 Å². The van der Waals surface area contributed by atoms with Gasteiger partial charge in [-0.2, -0.15) is 5.10 Å². The van der Waals surface area contributed by atoms with E-state index in [1.807, 2.05) is 20.2 Å². The quantitative estimate of drug-likeness (QED) is 0.942. The van der Waals surface area contributed by atoms with Crippen LogP contribution < -0.4 is 5.32 Å². The molecule has 0 aliphatic heterocycles. The zero-order valence-corrected chi connectivity index (χ0v) is 11.8. The molecule has 2 rings (SSSR count). The lowest BCUT2D eigenvalue weighted by Gasteiger charge is -2.02. The number of hydrogen-bond acceptors (Lipinski definition) is 3. The second-order valence-corrected chi connectivity index (χ2v) is 4.70. The number of nitrogens with zero attached hydrogens (tertiary/aromatic N) is 2. The van der Waals surface area contributed by atoms with Crippen molar-refractivity contribution in [3.8, 4) is 0 Å². The van der Waals surface area contributed by atoms with Crippen molar-refractivity contribution in [2.24, 2.45) is 7.05 Å². The minimum atomic E-state index is -0.230. The first-order chi connectivity index (χ1) is 8.60. The van der Waals surface area contributed by atoms with Gasteiger partial charge in [-0.15, -0.1) is 0 Å². The van der Waals surface area contributed by atoms with Crippen LogP contribution in [0.15, 0.2) is 27.4 Å². The number of furan rings is 1. The third-order valence-corrected chi connectivity index (χ3v) is 2.99. The maximum atomic E-state index is 11.8. The minimum Gasteiger partial charge on any atom is -0.444 e. The Bertz CT molecular complexity index is 559. The number of halogens is 1. The normalized spacial score (nSPS) is 10.6. The standard InChI is InChI=1S/C12H14BrN3O2/c1-3-9-8(7-16(2)15-9)6-14-12(17)10-4-5-11(13)18-10/h4-5,7H,3,6H2,1-2H3,(H,14,17). The van der Waals surface area contributed by atoms with Crippen LogP contribution in [0.2, 0.25) is 0 Å². The highest BCUT2D eigenvalue weighted by atomic mass is 79.9. The van der Waals surface area contributed by atoms with Crippen molar-refractivity contribution >= 4 is 21.8 Å². The van der Waals surface area contributed by atoms with Crippen LogP contribution in [0, 0.1) is 0 Å². The number of aryl methyl sites for hydroxylation is 2. The molecule has 0 aliphatic carbocycles. The minimum absolute atomic E-state index is 0.230. The number of carbonyl (C=O) groups excluding carboxylic acids is 1. The fourth-order valence-corrected chi connectivity index (χ4v) is 2.03. The van der Waals surface area contributed by atoms with E-state index in [9.17, 15) is 4.79 Å². The predicted molar refractivity (Wildman–Crippen MR) is 70.2 cm³/mol. The SMILES string of the molecule is CCc1nn(C)cc1CNC(=O)c1ccc(Br)o1. The molecule has 0 spiro atoms. The monoisotopic (exact) mass is 311 g/mol. The zero-order chi connectivity index (χ0) is 13.1. The van der Waals surface area contributed by atoms with E-state index in [-0.39, 0.29) is 5.91 Å². The molecule has 0 aliphatic rings. The summed E-state index contributed by atoms with van der Waals surface area (Å²) in [6.45, 7) is 2.49. The highest BCUT2D eigenvalue weighted by Gasteiger charge is 2.12. The van der Waals surface area contributed by atoms with E-state index in [1.165, 1.54) is 0 Å². The van der Waals surface area contributed by atoms with Crippen molar-refractivity contribution in [2.45, 2.75) is 19.9 Å². The Morgan fingerprint density at radius 3 is 2.94 bits per heavy atom. The molecule has 6 heteroatoms. The number of rotatable bonds is 4. The molecule has 0 radical (unpaired) electrons. The van der Waals surface area contributed by atoms with Crippen molar-refractivity contribution in [1.29, 1.82) is 0 Å². The summed E-state index contributed by atoms with van der Waals surface area (Å²) in [6, 6.07) is 3.32. The Morgan fingerprint density at radius 2 is 2.33 bits per heavy atom. The Balaban J connectivity index is 2.01. The van der Waals surface area contributed by atoms with Crippen molar-refractivity contribution in [3.63, 3.8) is 0 Å². The van der Waals surface area contributed by atoms with Gasteiger partial charge in [0.05, 0.1) is 5.69 Å². The third kappa shape index (κ3) is 2.81. The second kappa shape index (κ2) is 5.39. The lowest BCUT2D eigenvalue weighted by molar-refractivity contribution is 0.0922. The molecule has 0 bridgehead atoms. The maximum absolute atomic E-state index is 11.8. The predicted octanol–water partition coefficient (Wildman–Crippen LogP) is 2.27. The highest BCUT2D eigenvalue weighted by Crippen LogP contribution is 2.14. The van der Waals surface area contributed by atoms with Gasteiger partial charge in [-0.05, 0) is 34.5 Å². The van der Waals surface area contributed by atoms with Gasteiger partial charge in [-0.1, -0.05) is 6.92 Å². The van der Waals surface area contributed by atoms with E-state index in [0.717, 1.165) is 17.7 Å². The summed E-state index contributed by atoms with van der Waals surface area (Å²) in [4.78, 5) is 11.8. The molecular formula is C12H14BrN3O2. The topological polar surface area (TPSA) is 60.1 Å². The van der Waals surface area contributed by atoms with Gasteiger partial charge in [0.1, 0.15) is 0 Å². The van der Waals surface area contributed by atoms with Gasteiger partial charge in [0.25, 0.3) is 5.91 Å². The van der Waals surface area contributed by atoms with Crippen LogP contribution in [-0.4, -0.2) is 15.7 Å². The molecule has 1 amide bonds. The first-order valence-electron chi connectivity index (χ1n) is 5.65. The van der Waals surface area contributed by atoms with Gasteiger partial charge < -0.3 is 9.73 Å². The first kappa shape index (κ1) is 12.9. The smallest absolute Gasteiger partial charge is 0.287 e. The number of aromatic nitrogens is 2. The molecule has 5 nitrogen and oxygen atoms in total. The summed E-state index contributed by atoms with van der Waals surface area (Å²) in [7, 11) is 1.87. The van der Waals surface area contributed by atoms with Crippen molar-refractivity contribution in [3.05, 3.63) is 40.0 Å². The molecule has 96 valence electrons. The largest absolute Gasteiger partial charge is 0.444 e. The number of hydrogen-bond donors (Lipinski definition) is 1. The van der Waals surface area contributed by atoms with Crippen LogP contribution in [-0.2, 0) is 20.0 Å². The Morgan fingerprint density at radius 1 is 1.56 bits per heavy atom. The first-order valence-corrected chi connectivity index (χ1v) is 6.44. The van der Waals surface area contributed by atoms with Gasteiger partial charge in [0.2, 0.25) is 0 Å². The lowest BCUT2D eigenvalue weighted by Crippen LogP contribution is -2.22. The van der Waals surface area contributed by atoms with E-state index in [2.05, 4.69) is 26.3 Å². The number of carbonyl (C=O) groups is 1. The van der Waals surface area contributed by atoms with E-state index >= 15 is 0 Å². The van der Waals surface area contributed by atoms with E-state index in [4.69, 9.17) is 4.42 Å². The van der Waals surface area contributed by atoms with E-state index in [1.54, 1.807) is 16.8 Å². The summed E-state index contributed by atoms with van der Waals surface area (Å²) >= 11 is 3.16. The molecule has 2 aromatic rings. The van der Waals surface area contributed by atoms with Gasteiger partial charge in [0.15, 0.2) is 10.4 Å². The summed E-state index contributed by atoms with van der Waals surface area (Å²) in [6.07, 6.45) is 2.76. The number of nitrogens with one attached hydrogen (secondary N) is 1. The summed E-state index contributed by atoms with van der Waals surface area (Å²) in [5.41, 5.74) is 2.03. The van der Waals surface area contributed by atoms with Gasteiger partial charge >= 0.3 is 0 Å². The molecule has 0 saturated heterocycles. The Hall–Kier alpha value is -1.56. The van der Waals surface area contributed by atoms with E-state index in [0.29, 0.717) is 17.0 Å². The van der Waals surface area contributed by atoms with Crippen molar-refractivity contribution in [2.75, 3.05) is 0 Å². The molecule has 0 fully saturated rings. The van der Waals surface area contributed by atoms with Crippen LogP contribution >= 0.6 is 15.9 Å². The molecule has 0 atom stereocenters. The van der Waals surface area contributed by atoms with Crippen LogP contribution in [0.25, 0.3) is 0 Å². The lowest BCUT2D eigenvalue weighted by atomic mass is 10.2. The van der Waals surface area contributed by atoms with Crippen LogP contribution in [0.4, 0.5) is 0 Å². The third-order valence-electron chi connectivity index (χ3n) is 2.56. The molecule has 2 heterocycles. The maximum Gasteiger partial charge on any atom is 0.287 e. The molecule has 2 aromatic heterocycles. The van der Waals surface area contributed by atoms with E-state index < -0.39 is 0 Å². The second-order valence-electron chi connectivity index (χ2n) is 3.91. The molecule has 0 aromatic carbocycles. The number of amides is 1. The molecule has 0 saturated carbocycles. The fourth-order valence-electron chi connectivity index (χ4n) is 1.73. The summed E-state index contributed by atoms with van der Waals surface area (Å²) in [5, 5.41) is 7.13. The van der Waals surface area contributed by atoms with Crippen LogP contribution in [0.5, 0.6) is 0 Å². The summed E-state index contributed by atoms with van der Waals surface area (Å²) in [5.74, 6) is 0.0652. The molecule has 18 heavy (non-hydrogen) atoms. The zero-order valence-electron chi connectivity index (χ0n) is 10.2. The summed E-state index contributed by atoms with van der Waals surface area (Å²) < 4.78 is 7.48. The van der Waals surface area contributed by atoms with Crippen LogP contribution in [0.3, 0.4) is 0 Å². The van der Waals surface area contributed by atoms with Crippen molar-refractivity contribution < 1.29 is 9.21 Å². The average molecular weight is 312 g/mol. The van der Waals surface area contributed by atoms with Gasteiger partial charge in [-0.3, -0.25) is 9.48 Å². The molecule has 0 unspecified atom stereocenters. The van der Waals surface area contributed by atoms with Gasteiger partial charge in [0, 0.05) is 25.4 Å². The highest BCUT2D eigenvalue weighted by molar-refractivity contribution is 9.10. The Labute approximate surface area is 113 Å². The van der Waals surface area contributed by atoms with Gasteiger partial charge in [-0.25, -0.2) is 0 Å². The van der Waals surface area contributed by atoms with Crippen molar-refractivity contribution in [1.82, 2.24) is 15.1 Å². The molecular weight excluding hydrogens is 298 g/mol.